The minimum absolute atomic E-state index is 0.123. The van der Waals surface area contributed by atoms with Gasteiger partial charge in [0.1, 0.15) is 6.29 Å². The van der Waals surface area contributed by atoms with Crippen molar-refractivity contribution in [2.24, 2.45) is 23.7 Å². The van der Waals surface area contributed by atoms with Gasteiger partial charge in [-0.2, -0.15) is 0 Å². The predicted octanol–water partition coefficient (Wildman–Crippen LogP) is 3.15. The summed E-state index contributed by atoms with van der Waals surface area (Å²) in [5.41, 5.74) is 0. The van der Waals surface area contributed by atoms with Crippen LogP contribution in [0.3, 0.4) is 0 Å². The third-order valence-corrected chi connectivity index (χ3v) is 5.01. The van der Waals surface area contributed by atoms with Crippen molar-refractivity contribution < 1.29 is 14.3 Å². The second-order valence-corrected chi connectivity index (χ2v) is 6.97. The second-order valence-electron chi connectivity index (χ2n) is 6.97. The van der Waals surface area contributed by atoms with Gasteiger partial charge in [-0.1, -0.05) is 26.7 Å². The van der Waals surface area contributed by atoms with Crippen LogP contribution in [0.1, 0.15) is 52.4 Å². The molecule has 0 bridgehead atoms. The van der Waals surface area contributed by atoms with E-state index in [2.05, 4.69) is 13.8 Å². The molecule has 1 saturated carbocycles. The summed E-state index contributed by atoms with van der Waals surface area (Å²) in [6, 6.07) is 0. The highest BCUT2D eigenvalue weighted by molar-refractivity contribution is 5.69. The average Bonchev–Trinajstić information content (AvgIpc) is 3.25. The first-order valence-electron chi connectivity index (χ1n) is 8.75. The van der Waals surface area contributed by atoms with Crippen molar-refractivity contribution in [3.05, 3.63) is 0 Å². The molecule has 0 N–H and O–H groups in total. The molecule has 128 valence electrons. The summed E-state index contributed by atoms with van der Waals surface area (Å²) >= 11 is 0. The van der Waals surface area contributed by atoms with Crippen molar-refractivity contribution in [2.45, 2.75) is 52.4 Å². The van der Waals surface area contributed by atoms with E-state index >= 15 is 0 Å². The van der Waals surface area contributed by atoms with E-state index in [1.54, 1.807) is 0 Å². The van der Waals surface area contributed by atoms with E-state index in [-0.39, 0.29) is 5.97 Å². The first-order valence-corrected chi connectivity index (χ1v) is 8.75. The maximum absolute atomic E-state index is 11.8. The Balaban J connectivity index is 2.46. The summed E-state index contributed by atoms with van der Waals surface area (Å²) in [6.07, 6.45) is 6.65. The van der Waals surface area contributed by atoms with Crippen LogP contribution in [0.25, 0.3) is 0 Å². The molecule has 0 aromatic rings. The first kappa shape index (κ1) is 19.1. The molecular formula is C18H33NO3. The molecule has 4 heteroatoms. The highest BCUT2D eigenvalue weighted by Gasteiger charge is 2.38. The summed E-state index contributed by atoms with van der Waals surface area (Å²) in [6.45, 7) is 5.56. The van der Waals surface area contributed by atoms with Crippen molar-refractivity contribution >= 4 is 12.3 Å². The molecule has 0 aromatic carbocycles. The molecule has 0 saturated heterocycles. The summed E-state index contributed by atoms with van der Waals surface area (Å²) in [5.74, 6) is 2.18. The van der Waals surface area contributed by atoms with Crippen LogP contribution in [0, 0.1) is 23.7 Å². The molecule has 0 radical (unpaired) electrons. The normalized spacial score (nSPS) is 23.1. The Labute approximate surface area is 135 Å². The number of nitrogens with zero attached hydrogens (tertiary/aromatic N) is 1. The fourth-order valence-electron chi connectivity index (χ4n) is 3.29. The van der Waals surface area contributed by atoms with Crippen molar-refractivity contribution in [1.82, 2.24) is 4.90 Å². The number of hydrogen-bond donors (Lipinski definition) is 0. The van der Waals surface area contributed by atoms with Gasteiger partial charge in [-0.25, -0.2) is 0 Å². The lowest BCUT2D eigenvalue weighted by Gasteiger charge is -2.25. The molecule has 1 aliphatic carbocycles. The van der Waals surface area contributed by atoms with E-state index in [1.807, 2.05) is 19.0 Å². The zero-order chi connectivity index (χ0) is 16.5. The molecule has 1 aliphatic rings. The number of esters is 1. The lowest BCUT2D eigenvalue weighted by molar-refractivity contribution is -0.146. The number of carbonyl (C=O) groups is 2. The zero-order valence-corrected chi connectivity index (χ0v) is 14.7. The standard InChI is InChI=1S/C18H33NO3/c1-5-14(8-10-20)17(12-16-11-15(16)6-2)13-22-18(21)7-9-19(3)4/h10,14-17H,5-9,11-13H2,1-4H3. The highest BCUT2D eigenvalue weighted by Crippen LogP contribution is 2.46. The molecule has 4 atom stereocenters. The van der Waals surface area contributed by atoms with Gasteiger partial charge in [0, 0.05) is 13.0 Å². The first-order chi connectivity index (χ1) is 10.5. The summed E-state index contributed by atoms with van der Waals surface area (Å²) in [4.78, 5) is 24.7. The van der Waals surface area contributed by atoms with E-state index in [0.717, 1.165) is 37.5 Å². The van der Waals surface area contributed by atoms with Gasteiger partial charge in [0.2, 0.25) is 0 Å². The minimum Gasteiger partial charge on any atom is -0.465 e. The van der Waals surface area contributed by atoms with E-state index in [9.17, 15) is 9.59 Å². The van der Waals surface area contributed by atoms with Crippen molar-refractivity contribution in [2.75, 3.05) is 27.2 Å². The SMILES string of the molecule is CCC(CC=O)C(COC(=O)CCN(C)C)CC1CC1CC. The molecular weight excluding hydrogens is 278 g/mol. The van der Waals surface area contributed by atoms with Crippen LogP contribution in [-0.4, -0.2) is 44.4 Å². The lowest BCUT2D eigenvalue weighted by atomic mass is 9.84. The average molecular weight is 311 g/mol. The lowest BCUT2D eigenvalue weighted by Crippen LogP contribution is -2.25. The summed E-state index contributed by atoms with van der Waals surface area (Å²) in [7, 11) is 3.90. The van der Waals surface area contributed by atoms with Crippen LogP contribution in [0.5, 0.6) is 0 Å². The molecule has 4 unspecified atom stereocenters. The van der Waals surface area contributed by atoms with Crippen LogP contribution in [0.15, 0.2) is 0 Å². The smallest absolute Gasteiger partial charge is 0.307 e. The number of rotatable bonds is 12. The van der Waals surface area contributed by atoms with Gasteiger partial charge in [-0.3, -0.25) is 4.79 Å². The predicted molar refractivity (Wildman–Crippen MR) is 88.6 cm³/mol. The Morgan fingerprint density at radius 2 is 2.00 bits per heavy atom. The van der Waals surface area contributed by atoms with E-state index < -0.39 is 0 Å². The molecule has 4 nitrogen and oxygen atoms in total. The number of hydrogen-bond acceptors (Lipinski definition) is 4. The van der Waals surface area contributed by atoms with Gasteiger partial charge in [0.15, 0.2) is 0 Å². The van der Waals surface area contributed by atoms with Gasteiger partial charge < -0.3 is 14.4 Å². The van der Waals surface area contributed by atoms with Gasteiger partial charge in [-0.05, 0) is 50.6 Å². The van der Waals surface area contributed by atoms with Gasteiger partial charge in [-0.15, -0.1) is 0 Å². The number of ether oxygens (including phenoxy) is 1. The Hall–Kier alpha value is -0.900. The Morgan fingerprint density at radius 1 is 1.27 bits per heavy atom. The number of aldehydes is 1. The van der Waals surface area contributed by atoms with Crippen LogP contribution in [0.2, 0.25) is 0 Å². The van der Waals surface area contributed by atoms with Crippen molar-refractivity contribution in [1.29, 1.82) is 0 Å². The van der Waals surface area contributed by atoms with E-state index in [0.29, 0.717) is 31.3 Å². The summed E-state index contributed by atoms with van der Waals surface area (Å²) < 4.78 is 5.50. The molecule has 0 amide bonds. The van der Waals surface area contributed by atoms with Gasteiger partial charge in [0.05, 0.1) is 13.0 Å². The van der Waals surface area contributed by atoms with E-state index in [1.165, 1.54) is 12.8 Å². The second kappa shape index (κ2) is 9.98. The highest BCUT2D eigenvalue weighted by atomic mass is 16.5. The molecule has 0 spiro atoms. The molecule has 0 aromatic heterocycles. The Kier molecular flexibility index (Phi) is 8.69. The largest absolute Gasteiger partial charge is 0.465 e. The Morgan fingerprint density at radius 3 is 2.50 bits per heavy atom. The minimum atomic E-state index is -0.123. The third kappa shape index (κ3) is 6.91. The van der Waals surface area contributed by atoms with Gasteiger partial charge >= 0.3 is 5.97 Å². The molecule has 0 heterocycles. The quantitative estimate of drug-likeness (QED) is 0.410. The fourth-order valence-corrected chi connectivity index (χ4v) is 3.29. The third-order valence-electron chi connectivity index (χ3n) is 5.01. The van der Waals surface area contributed by atoms with Crippen LogP contribution < -0.4 is 0 Å². The molecule has 0 aliphatic heterocycles. The molecule has 1 rings (SSSR count). The topological polar surface area (TPSA) is 46.6 Å². The summed E-state index contributed by atoms with van der Waals surface area (Å²) in [5, 5.41) is 0. The molecule has 22 heavy (non-hydrogen) atoms. The van der Waals surface area contributed by atoms with Crippen LogP contribution in [0.4, 0.5) is 0 Å². The maximum atomic E-state index is 11.8. The van der Waals surface area contributed by atoms with E-state index in [4.69, 9.17) is 4.74 Å². The molecule has 1 fully saturated rings. The zero-order valence-electron chi connectivity index (χ0n) is 14.7. The monoisotopic (exact) mass is 311 g/mol. The van der Waals surface area contributed by atoms with Crippen LogP contribution in [-0.2, 0) is 14.3 Å². The Bertz CT molecular complexity index is 343. The number of carbonyl (C=O) groups excluding carboxylic acids is 2. The fraction of sp³-hybridized carbons (Fsp3) is 0.889. The van der Waals surface area contributed by atoms with Crippen LogP contribution >= 0.6 is 0 Å². The van der Waals surface area contributed by atoms with Crippen molar-refractivity contribution in [3.63, 3.8) is 0 Å². The maximum Gasteiger partial charge on any atom is 0.307 e. The van der Waals surface area contributed by atoms with Gasteiger partial charge in [0.25, 0.3) is 0 Å². The van der Waals surface area contributed by atoms with Crippen molar-refractivity contribution in [3.8, 4) is 0 Å².